The number of alkyl halides is 3. The van der Waals surface area contributed by atoms with E-state index >= 15 is 0 Å². The molecule has 2 rings (SSSR count). The number of hydrogen-bond acceptors (Lipinski definition) is 8. The number of hydrogen-bond donors (Lipinski definition) is 1. The van der Waals surface area contributed by atoms with Crippen LogP contribution in [0.5, 0.6) is 0 Å². The number of amides is 1. The third-order valence-corrected chi connectivity index (χ3v) is 5.31. The monoisotopic (exact) mass is 476 g/mol. The minimum Gasteiger partial charge on any atom is -0.456 e. The van der Waals surface area contributed by atoms with Crippen LogP contribution in [0, 0.1) is 0 Å². The first-order chi connectivity index (χ1) is 15.0. The molecule has 1 saturated heterocycles. The number of esters is 2. The van der Waals surface area contributed by atoms with E-state index in [9.17, 15) is 27.6 Å². The summed E-state index contributed by atoms with van der Waals surface area (Å²) in [6, 6.07) is 6.81. The van der Waals surface area contributed by atoms with Gasteiger partial charge in [0.2, 0.25) is 0 Å². The summed E-state index contributed by atoms with van der Waals surface area (Å²) < 4.78 is 55.1. The van der Waals surface area contributed by atoms with Crippen molar-refractivity contribution in [3.8, 4) is 0 Å². The molecule has 0 saturated carbocycles. The van der Waals surface area contributed by atoms with E-state index in [1.165, 1.54) is 0 Å². The standard InChI is InChI=1S/C18H19F3N4O6S/c1-9(26)29-14-12(8-23-25-22)31-16(32-11-6-4-3-5-7-11)13(15(14)30-10(2)27)24-17(28)18(19,20)21/h3-7,12-16H,8H2,1-2H3,(H,24,28)/t12?,13-,14+,15?,16-/m0/s1. The second-order valence-electron chi connectivity index (χ2n) is 6.53. The Labute approximate surface area is 184 Å². The third-order valence-electron chi connectivity index (χ3n) is 4.13. The van der Waals surface area contributed by atoms with E-state index in [0.29, 0.717) is 4.90 Å². The molecule has 0 radical (unpaired) electrons. The average molecular weight is 476 g/mol. The Morgan fingerprint density at radius 2 is 1.75 bits per heavy atom. The smallest absolute Gasteiger partial charge is 0.456 e. The van der Waals surface area contributed by atoms with Crippen LogP contribution in [0.25, 0.3) is 10.4 Å². The molecule has 0 aromatic heterocycles. The minimum absolute atomic E-state index is 0.377. The Morgan fingerprint density at radius 1 is 1.16 bits per heavy atom. The third kappa shape index (κ3) is 7.04. The van der Waals surface area contributed by atoms with E-state index in [-0.39, 0.29) is 6.54 Å². The first kappa shape index (κ1) is 25.3. The molecule has 1 fully saturated rings. The number of carbonyl (C=O) groups is 3. The van der Waals surface area contributed by atoms with Crippen molar-refractivity contribution in [1.82, 2.24) is 5.32 Å². The van der Waals surface area contributed by atoms with Gasteiger partial charge in [0, 0.05) is 23.7 Å². The highest BCUT2D eigenvalue weighted by Gasteiger charge is 2.52. The lowest BCUT2D eigenvalue weighted by Gasteiger charge is -2.45. The number of benzene rings is 1. The fraction of sp³-hybridized carbons (Fsp3) is 0.500. The van der Waals surface area contributed by atoms with Crippen LogP contribution < -0.4 is 5.32 Å². The summed E-state index contributed by atoms with van der Waals surface area (Å²) in [6.07, 6.45) is -9.41. The van der Waals surface area contributed by atoms with Gasteiger partial charge in [-0.25, -0.2) is 0 Å². The zero-order valence-electron chi connectivity index (χ0n) is 16.8. The Morgan fingerprint density at radius 3 is 2.28 bits per heavy atom. The predicted octanol–water partition coefficient (Wildman–Crippen LogP) is 2.72. The number of halogens is 3. The first-order valence-electron chi connectivity index (χ1n) is 9.13. The van der Waals surface area contributed by atoms with Gasteiger partial charge in [0.15, 0.2) is 12.2 Å². The van der Waals surface area contributed by atoms with Gasteiger partial charge < -0.3 is 19.5 Å². The minimum atomic E-state index is -5.23. The highest BCUT2D eigenvalue weighted by molar-refractivity contribution is 7.99. The Bertz CT molecular complexity index is 881. The maximum Gasteiger partial charge on any atom is 0.471 e. The molecule has 0 spiro atoms. The molecular formula is C18H19F3N4O6S. The maximum absolute atomic E-state index is 13.0. The second-order valence-corrected chi connectivity index (χ2v) is 7.70. The van der Waals surface area contributed by atoms with Crippen LogP contribution in [0.1, 0.15) is 13.8 Å². The lowest BCUT2D eigenvalue weighted by atomic mass is 9.96. The summed E-state index contributed by atoms with van der Waals surface area (Å²) in [5.41, 5.74) is 7.44. The van der Waals surface area contributed by atoms with Crippen molar-refractivity contribution in [2.75, 3.05) is 6.54 Å². The van der Waals surface area contributed by atoms with Gasteiger partial charge in [-0.05, 0) is 17.7 Å². The van der Waals surface area contributed by atoms with Gasteiger partial charge in [0.25, 0.3) is 0 Å². The van der Waals surface area contributed by atoms with E-state index in [0.717, 1.165) is 25.6 Å². The lowest BCUT2D eigenvalue weighted by Crippen LogP contribution is -2.66. The number of ether oxygens (including phenoxy) is 3. The van der Waals surface area contributed by atoms with Gasteiger partial charge in [-0.1, -0.05) is 35.1 Å². The zero-order chi connectivity index (χ0) is 23.9. The topological polar surface area (TPSA) is 140 Å². The van der Waals surface area contributed by atoms with Crippen molar-refractivity contribution in [2.45, 2.75) is 54.7 Å². The summed E-state index contributed by atoms with van der Waals surface area (Å²) in [6.45, 7) is 1.66. The predicted molar refractivity (Wildman–Crippen MR) is 104 cm³/mol. The van der Waals surface area contributed by atoms with E-state index in [4.69, 9.17) is 19.7 Å². The lowest BCUT2D eigenvalue weighted by molar-refractivity contribution is -0.206. The van der Waals surface area contributed by atoms with E-state index in [1.54, 1.807) is 35.6 Å². The Hall–Kier alpha value is -2.96. The number of carbonyl (C=O) groups excluding carboxylic acids is 3. The van der Waals surface area contributed by atoms with Crippen LogP contribution in [0.2, 0.25) is 0 Å². The van der Waals surface area contributed by atoms with Crippen molar-refractivity contribution in [3.63, 3.8) is 0 Å². The van der Waals surface area contributed by atoms with Crippen LogP contribution in [0.4, 0.5) is 13.2 Å². The van der Waals surface area contributed by atoms with E-state index in [1.807, 2.05) is 0 Å². The average Bonchev–Trinajstić information content (AvgIpc) is 2.70. The molecule has 10 nitrogen and oxygen atoms in total. The number of thioether (sulfide) groups is 1. The Kier molecular flexibility index (Phi) is 8.75. The normalized spacial score (nSPS) is 25.2. The largest absolute Gasteiger partial charge is 0.471 e. The zero-order valence-corrected chi connectivity index (χ0v) is 17.6. The van der Waals surface area contributed by atoms with Gasteiger partial charge in [0.1, 0.15) is 17.6 Å². The molecule has 1 N–H and O–H groups in total. The molecule has 1 amide bonds. The number of nitrogens with one attached hydrogen (secondary N) is 1. The van der Waals surface area contributed by atoms with Gasteiger partial charge in [-0.3, -0.25) is 14.4 Å². The molecule has 1 heterocycles. The van der Waals surface area contributed by atoms with E-state index < -0.39 is 53.8 Å². The second kappa shape index (κ2) is 11.1. The molecule has 0 bridgehead atoms. The number of azide groups is 1. The van der Waals surface area contributed by atoms with Crippen molar-refractivity contribution in [1.29, 1.82) is 0 Å². The molecule has 0 aliphatic carbocycles. The molecule has 5 atom stereocenters. The van der Waals surface area contributed by atoms with Crippen molar-refractivity contribution in [3.05, 3.63) is 40.8 Å². The summed E-state index contributed by atoms with van der Waals surface area (Å²) in [7, 11) is 0. The van der Waals surface area contributed by atoms with Crippen LogP contribution in [-0.4, -0.2) is 60.4 Å². The van der Waals surface area contributed by atoms with Gasteiger partial charge >= 0.3 is 24.0 Å². The van der Waals surface area contributed by atoms with Crippen molar-refractivity contribution < 1.29 is 41.8 Å². The van der Waals surface area contributed by atoms with Crippen LogP contribution in [-0.2, 0) is 28.6 Å². The first-order valence-corrected chi connectivity index (χ1v) is 10.0. The summed E-state index contributed by atoms with van der Waals surface area (Å²) in [5, 5.41) is 5.16. The maximum atomic E-state index is 13.0. The van der Waals surface area contributed by atoms with E-state index in [2.05, 4.69) is 10.0 Å². The number of rotatable bonds is 7. The van der Waals surface area contributed by atoms with Crippen LogP contribution in [0.3, 0.4) is 0 Å². The number of nitrogens with zero attached hydrogens (tertiary/aromatic N) is 3. The van der Waals surface area contributed by atoms with Gasteiger partial charge in [-0.15, -0.1) is 0 Å². The fourth-order valence-electron chi connectivity index (χ4n) is 2.95. The van der Waals surface area contributed by atoms with Crippen LogP contribution in [0.15, 0.2) is 40.3 Å². The van der Waals surface area contributed by atoms with Crippen molar-refractivity contribution >= 4 is 29.6 Å². The molecule has 14 heteroatoms. The van der Waals surface area contributed by atoms with Crippen molar-refractivity contribution in [2.24, 2.45) is 5.11 Å². The highest BCUT2D eigenvalue weighted by atomic mass is 32.2. The highest BCUT2D eigenvalue weighted by Crippen LogP contribution is 2.36. The Balaban J connectivity index is 2.50. The summed E-state index contributed by atoms with van der Waals surface area (Å²) in [5.74, 6) is -4.04. The summed E-state index contributed by atoms with van der Waals surface area (Å²) in [4.78, 5) is 38.3. The molecule has 1 aliphatic heterocycles. The van der Waals surface area contributed by atoms with Gasteiger partial charge in [0.05, 0.1) is 6.54 Å². The molecular weight excluding hydrogens is 457 g/mol. The van der Waals surface area contributed by atoms with Crippen LogP contribution >= 0.6 is 11.8 Å². The molecule has 174 valence electrons. The summed E-state index contributed by atoms with van der Waals surface area (Å²) >= 11 is 0.943. The fourth-order valence-corrected chi connectivity index (χ4v) is 4.10. The molecule has 1 aromatic rings. The van der Waals surface area contributed by atoms with Gasteiger partial charge in [-0.2, -0.15) is 13.2 Å². The molecule has 32 heavy (non-hydrogen) atoms. The molecule has 2 unspecified atom stereocenters. The SMILES string of the molecule is CC(=O)OC1[C@H](OC(C)=O)C(CN=[N+]=[N-])O[C@@H](Sc2ccccc2)[C@H]1NC(=O)C(F)(F)F. The quantitative estimate of drug-likeness (QED) is 0.276. The molecule has 1 aliphatic rings. The molecule has 1 aromatic carbocycles.